The summed E-state index contributed by atoms with van der Waals surface area (Å²) in [5, 5.41) is 0. The molecule has 0 radical (unpaired) electrons. The monoisotopic (exact) mass is 152 g/mol. The summed E-state index contributed by atoms with van der Waals surface area (Å²) in [5.74, 6) is 0. The minimum Gasteiger partial charge on any atom is -0.399 e. The number of anilines is 1. The molecule has 0 aliphatic rings. The molecular formula is C8H12N2O. The summed E-state index contributed by atoms with van der Waals surface area (Å²) in [4.78, 5) is 13.6. The summed E-state index contributed by atoms with van der Waals surface area (Å²) in [6, 6.07) is 3.18. The Bertz CT molecular complexity index is 290. The van der Waals surface area contributed by atoms with Crippen LogP contribution in [0.3, 0.4) is 0 Å². The van der Waals surface area contributed by atoms with E-state index in [1.54, 1.807) is 6.07 Å². The van der Waals surface area contributed by atoms with Gasteiger partial charge < -0.3 is 10.7 Å². The Morgan fingerprint density at radius 3 is 2.82 bits per heavy atom. The maximum absolute atomic E-state index is 10.9. The van der Waals surface area contributed by atoms with E-state index in [1.807, 2.05) is 0 Å². The molecule has 0 bridgehead atoms. The zero-order chi connectivity index (χ0) is 8.27. The number of nitrogens with one attached hydrogen (secondary N) is 1. The molecule has 60 valence electrons. The molecule has 1 aromatic rings. The molecule has 3 heteroatoms. The molecule has 1 heterocycles. The summed E-state index contributed by atoms with van der Waals surface area (Å²) < 4.78 is 0. The van der Waals surface area contributed by atoms with Crippen LogP contribution in [0.1, 0.15) is 19.0 Å². The number of aromatic amines is 1. The summed E-state index contributed by atoms with van der Waals surface area (Å²) in [5.41, 5.74) is 6.81. The Morgan fingerprint density at radius 2 is 2.27 bits per heavy atom. The number of rotatable bonds is 2. The van der Waals surface area contributed by atoms with E-state index in [2.05, 4.69) is 11.9 Å². The molecule has 3 nitrogen and oxygen atoms in total. The van der Waals surface area contributed by atoms with Crippen molar-refractivity contribution in [3.8, 4) is 0 Å². The van der Waals surface area contributed by atoms with Crippen LogP contribution in [-0.4, -0.2) is 4.98 Å². The molecule has 0 unspecified atom stereocenters. The molecule has 1 rings (SSSR count). The minimum atomic E-state index is -0.117. The topological polar surface area (TPSA) is 58.9 Å². The second kappa shape index (κ2) is 3.23. The van der Waals surface area contributed by atoms with Crippen molar-refractivity contribution in [1.29, 1.82) is 0 Å². The maximum atomic E-state index is 10.9. The van der Waals surface area contributed by atoms with Crippen molar-refractivity contribution in [1.82, 2.24) is 4.98 Å². The lowest BCUT2D eigenvalue weighted by atomic mass is 10.2. The highest BCUT2D eigenvalue weighted by atomic mass is 16.1. The summed E-state index contributed by atoms with van der Waals surface area (Å²) >= 11 is 0. The molecule has 1 aromatic heterocycles. The Hall–Kier alpha value is -1.25. The van der Waals surface area contributed by atoms with E-state index in [0.717, 1.165) is 18.5 Å². The van der Waals surface area contributed by atoms with E-state index >= 15 is 0 Å². The number of nitrogens with two attached hydrogens (primary N) is 1. The van der Waals surface area contributed by atoms with Gasteiger partial charge in [0.15, 0.2) is 0 Å². The van der Waals surface area contributed by atoms with Crippen molar-refractivity contribution in [2.45, 2.75) is 19.8 Å². The van der Waals surface area contributed by atoms with Gasteiger partial charge in [-0.1, -0.05) is 13.3 Å². The summed E-state index contributed by atoms with van der Waals surface area (Å²) in [7, 11) is 0. The maximum Gasteiger partial charge on any atom is 0.250 e. The number of hydrogen-bond acceptors (Lipinski definition) is 2. The fourth-order valence-corrected chi connectivity index (χ4v) is 1.03. The van der Waals surface area contributed by atoms with Crippen molar-refractivity contribution < 1.29 is 0 Å². The van der Waals surface area contributed by atoms with Crippen LogP contribution in [0, 0.1) is 0 Å². The number of pyridine rings is 1. The second-order valence-electron chi connectivity index (χ2n) is 2.55. The Kier molecular flexibility index (Phi) is 2.31. The quantitative estimate of drug-likeness (QED) is 0.661. The van der Waals surface area contributed by atoms with Crippen molar-refractivity contribution in [3.63, 3.8) is 0 Å². The highest BCUT2D eigenvalue weighted by Gasteiger charge is 1.93. The van der Waals surface area contributed by atoms with Gasteiger partial charge in [-0.25, -0.2) is 0 Å². The first-order chi connectivity index (χ1) is 5.22. The van der Waals surface area contributed by atoms with Crippen LogP contribution in [0.15, 0.2) is 16.9 Å². The van der Waals surface area contributed by atoms with Gasteiger partial charge in [-0.2, -0.15) is 0 Å². The average molecular weight is 152 g/mol. The molecule has 0 saturated heterocycles. The van der Waals surface area contributed by atoms with E-state index in [1.165, 1.54) is 6.07 Å². The lowest BCUT2D eigenvalue weighted by Gasteiger charge is -1.98. The molecule has 3 N–H and O–H groups in total. The molecule has 0 aromatic carbocycles. The molecular weight excluding hydrogens is 140 g/mol. The van der Waals surface area contributed by atoms with Crippen LogP contribution >= 0.6 is 0 Å². The molecule has 0 atom stereocenters. The van der Waals surface area contributed by atoms with Gasteiger partial charge in [0.1, 0.15) is 0 Å². The van der Waals surface area contributed by atoms with Crippen molar-refractivity contribution in [2.75, 3.05) is 5.73 Å². The van der Waals surface area contributed by atoms with Crippen molar-refractivity contribution in [2.24, 2.45) is 0 Å². The zero-order valence-electron chi connectivity index (χ0n) is 6.55. The Balaban J connectivity index is 2.99. The highest BCUT2D eigenvalue weighted by molar-refractivity contribution is 5.37. The third kappa shape index (κ3) is 2.11. The van der Waals surface area contributed by atoms with E-state index in [4.69, 9.17) is 5.73 Å². The van der Waals surface area contributed by atoms with Crippen LogP contribution < -0.4 is 11.3 Å². The molecule has 0 fully saturated rings. The molecule has 0 spiro atoms. The number of H-pyrrole nitrogens is 1. The fraction of sp³-hybridized carbons (Fsp3) is 0.375. The van der Waals surface area contributed by atoms with E-state index in [-0.39, 0.29) is 5.56 Å². The lowest BCUT2D eigenvalue weighted by molar-refractivity contribution is 0.876. The number of hydrogen-bond donors (Lipinski definition) is 2. The molecule has 0 aliphatic carbocycles. The van der Waals surface area contributed by atoms with Gasteiger partial charge in [0.05, 0.1) is 0 Å². The smallest absolute Gasteiger partial charge is 0.250 e. The van der Waals surface area contributed by atoms with Gasteiger partial charge in [-0.3, -0.25) is 4.79 Å². The first kappa shape index (κ1) is 7.85. The minimum absolute atomic E-state index is 0.117. The van der Waals surface area contributed by atoms with Gasteiger partial charge in [0.25, 0.3) is 0 Å². The SMILES string of the molecule is CCCc1cc(N)cc(=O)[nH]1. The normalized spacial score (nSPS) is 9.91. The van der Waals surface area contributed by atoms with Gasteiger partial charge in [-0.15, -0.1) is 0 Å². The van der Waals surface area contributed by atoms with Crippen molar-refractivity contribution in [3.05, 3.63) is 28.2 Å². The van der Waals surface area contributed by atoms with Gasteiger partial charge in [-0.05, 0) is 12.5 Å². The van der Waals surface area contributed by atoms with Crippen molar-refractivity contribution >= 4 is 5.69 Å². The fourth-order valence-electron chi connectivity index (χ4n) is 1.03. The molecule has 0 aliphatic heterocycles. The van der Waals surface area contributed by atoms with E-state index in [0.29, 0.717) is 5.69 Å². The first-order valence-corrected chi connectivity index (χ1v) is 3.71. The van der Waals surface area contributed by atoms with Gasteiger partial charge in [0, 0.05) is 17.4 Å². The van der Waals surface area contributed by atoms with Gasteiger partial charge in [0.2, 0.25) is 5.56 Å². The first-order valence-electron chi connectivity index (χ1n) is 3.71. The third-order valence-electron chi connectivity index (χ3n) is 1.44. The second-order valence-corrected chi connectivity index (χ2v) is 2.55. The zero-order valence-corrected chi connectivity index (χ0v) is 6.55. The lowest BCUT2D eigenvalue weighted by Crippen LogP contribution is -2.08. The average Bonchev–Trinajstić information content (AvgIpc) is 1.85. The summed E-state index contributed by atoms with van der Waals surface area (Å²) in [6.07, 6.45) is 1.89. The van der Waals surface area contributed by atoms with Crippen LogP contribution in [0.5, 0.6) is 0 Å². The number of nitrogen functional groups attached to an aromatic ring is 1. The molecule has 0 amide bonds. The number of aryl methyl sites for hydroxylation is 1. The number of aromatic nitrogens is 1. The van der Waals surface area contributed by atoms with Crippen LogP contribution in [0.2, 0.25) is 0 Å². The van der Waals surface area contributed by atoms with E-state index in [9.17, 15) is 4.79 Å². The molecule has 11 heavy (non-hydrogen) atoms. The predicted molar refractivity (Wildman–Crippen MR) is 45.5 cm³/mol. The Labute approximate surface area is 65.2 Å². The van der Waals surface area contributed by atoms with Crippen LogP contribution in [0.25, 0.3) is 0 Å². The van der Waals surface area contributed by atoms with Crippen LogP contribution in [-0.2, 0) is 6.42 Å². The van der Waals surface area contributed by atoms with Crippen LogP contribution in [0.4, 0.5) is 5.69 Å². The Morgan fingerprint density at radius 1 is 1.55 bits per heavy atom. The predicted octanol–water partition coefficient (Wildman–Crippen LogP) is 0.910. The van der Waals surface area contributed by atoms with Gasteiger partial charge >= 0.3 is 0 Å². The molecule has 0 saturated carbocycles. The third-order valence-corrected chi connectivity index (χ3v) is 1.44. The van der Waals surface area contributed by atoms with E-state index < -0.39 is 0 Å². The highest BCUT2D eigenvalue weighted by Crippen LogP contribution is 2.01. The summed E-state index contributed by atoms with van der Waals surface area (Å²) in [6.45, 7) is 2.06. The largest absolute Gasteiger partial charge is 0.399 e. The standard InChI is InChI=1S/C8H12N2O/c1-2-3-7-4-6(9)5-8(11)10-7/h4-5H,2-3H2,1H3,(H3,9,10,11).